The molecule has 50 heavy (non-hydrogen) atoms. The summed E-state index contributed by atoms with van der Waals surface area (Å²) in [7, 11) is 0. The molecule has 0 saturated heterocycles. The standard InChI is InChI=1S/C48H31NS/c1-3-16-34(17-4-1)49(35-18-5-2-6-19-35)36-29-27-32(28-30-36)45-40-23-11-12-24-41(40)48-47(42-25-13-14-26-44(42)50-48)46(45)43-31-33-15-7-8-20-37(33)38-21-9-10-22-39(38)43/h1-31H. The summed E-state index contributed by atoms with van der Waals surface area (Å²) in [5.74, 6) is 0. The van der Waals surface area contributed by atoms with E-state index in [1.807, 2.05) is 11.3 Å². The molecule has 10 aromatic rings. The van der Waals surface area contributed by atoms with Gasteiger partial charge in [-0.05, 0) is 92.2 Å². The maximum absolute atomic E-state index is 2.43. The van der Waals surface area contributed by atoms with Crippen LogP contribution in [0.4, 0.5) is 17.1 Å². The molecule has 234 valence electrons. The van der Waals surface area contributed by atoms with Crippen LogP contribution in [-0.4, -0.2) is 0 Å². The first-order valence-electron chi connectivity index (χ1n) is 17.1. The van der Waals surface area contributed by atoms with Gasteiger partial charge in [0.1, 0.15) is 0 Å². The number of para-hydroxylation sites is 2. The third-order valence-electron chi connectivity index (χ3n) is 10.0. The van der Waals surface area contributed by atoms with Gasteiger partial charge in [0.15, 0.2) is 0 Å². The predicted octanol–water partition coefficient (Wildman–Crippen LogP) is 14.3. The fourth-order valence-corrected chi connectivity index (χ4v) is 9.10. The van der Waals surface area contributed by atoms with E-state index >= 15 is 0 Å². The van der Waals surface area contributed by atoms with Crippen LogP contribution >= 0.6 is 11.3 Å². The zero-order chi connectivity index (χ0) is 33.0. The molecule has 0 bridgehead atoms. The van der Waals surface area contributed by atoms with Gasteiger partial charge < -0.3 is 4.90 Å². The second-order valence-electron chi connectivity index (χ2n) is 12.8. The summed E-state index contributed by atoms with van der Waals surface area (Å²) in [6.45, 7) is 0. The Morgan fingerprint density at radius 3 is 1.58 bits per heavy atom. The fourth-order valence-electron chi connectivity index (χ4n) is 7.85. The van der Waals surface area contributed by atoms with Gasteiger partial charge in [0.05, 0.1) is 0 Å². The number of fused-ring (bicyclic) bond motifs is 8. The van der Waals surface area contributed by atoms with Crippen LogP contribution in [0.1, 0.15) is 0 Å². The highest BCUT2D eigenvalue weighted by atomic mass is 32.1. The summed E-state index contributed by atoms with van der Waals surface area (Å²) in [6.07, 6.45) is 0. The van der Waals surface area contributed by atoms with E-state index in [1.165, 1.54) is 74.7 Å². The van der Waals surface area contributed by atoms with Crippen molar-refractivity contribution in [1.29, 1.82) is 0 Å². The van der Waals surface area contributed by atoms with Crippen LogP contribution in [0.2, 0.25) is 0 Å². The van der Waals surface area contributed by atoms with Crippen molar-refractivity contribution in [3.8, 4) is 22.3 Å². The average Bonchev–Trinajstić information content (AvgIpc) is 3.58. The molecular formula is C48H31NS. The molecule has 2 heteroatoms. The van der Waals surface area contributed by atoms with Gasteiger partial charge in [0.2, 0.25) is 0 Å². The van der Waals surface area contributed by atoms with E-state index in [9.17, 15) is 0 Å². The molecular weight excluding hydrogens is 623 g/mol. The van der Waals surface area contributed by atoms with Gasteiger partial charge in [-0.25, -0.2) is 0 Å². The molecule has 0 amide bonds. The third-order valence-corrected chi connectivity index (χ3v) is 11.2. The maximum atomic E-state index is 2.43. The van der Waals surface area contributed by atoms with E-state index in [1.54, 1.807) is 0 Å². The van der Waals surface area contributed by atoms with E-state index in [2.05, 4.69) is 193 Å². The Morgan fingerprint density at radius 1 is 0.360 bits per heavy atom. The Bertz CT molecular complexity index is 2810. The highest BCUT2D eigenvalue weighted by Crippen LogP contribution is 2.52. The number of hydrogen-bond donors (Lipinski definition) is 0. The molecule has 0 spiro atoms. The number of thiophene rings is 1. The number of benzene rings is 9. The maximum Gasteiger partial charge on any atom is 0.0462 e. The summed E-state index contributed by atoms with van der Waals surface area (Å²) in [5.41, 5.74) is 8.43. The van der Waals surface area contributed by atoms with E-state index in [0.717, 1.165) is 17.1 Å². The van der Waals surface area contributed by atoms with Gasteiger partial charge in [-0.2, -0.15) is 0 Å². The molecule has 0 saturated carbocycles. The summed E-state index contributed by atoms with van der Waals surface area (Å²) < 4.78 is 2.65. The number of rotatable bonds is 5. The fraction of sp³-hybridized carbons (Fsp3) is 0. The minimum Gasteiger partial charge on any atom is -0.311 e. The van der Waals surface area contributed by atoms with Crippen LogP contribution in [0.3, 0.4) is 0 Å². The third kappa shape index (κ3) is 4.53. The van der Waals surface area contributed by atoms with Crippen LogP contribution in [0.5, 0.6) is 0 Å². The smallest absolute Gasteiger partial charge is 0.0462 e. The van der Waals surface area contributed by atoms with Gasteiger partial charge in [-0.15, -0.1) is 11.3 Å². The molecule has 0 radical (unpaired) electrons. The molecule has 0 aliphatic rings. The van der Waals surface area contributed by atoms with Crippen LogP contribution in [0.15, 0.2) is 188 Å². The second kappa shape index (κ2) is 11.7. The monoisotopic (exact) mass is 653 g/mol. The number of hydrogen-bond acceptors (Lipinski definition) is 2. The summed E-state index contributed by atoms with van der Waals surface area (Å²) in [4.78, 5) is 2.33. The van der Waals surface area contributed by atoms with Crippen LogP contribution in [-0.2, 0) is 0 Å². The zero-order valence-corrected chi connectivity index (χ0v) is 28.1. The lowest BCUT2D eigenvalue weighted by Crippen LogP contribution is -2.09. The Kier molecular flexibility index (Phi) is 6.75. The lowest BCUT2D eigenvalue weighted by atomic mass is 9.83. The van der Waals surface area contributed by atoms with Gasteiger partial charge in [-0.1, -0.05) is 140 Å². The zero-order valence-electron chi connectivity index (χ0n) is 27.3. The molecule has 0 aliphatic carbocycles. The lowest BCUT2D eigenvalue weighted by Gasteiger charge is -2.26. The van der Waals surface area contributed by atoms with E-state index < -0.39 is 0 Å². The number of anilines is 3. The molecule has 0 unspecified atom stereocenters. The van der Waals surface area contributed by atoms with Crippen LogP contribution in [0, 0.1) is 0 Å². The largest absolute Gasteiger partial charge is 0.311 e. The van der Waals surface area contributed by atoms with Gasteiger partial charge in [0, 0.05) is 48.2 Å². The van der Waals surface area contributed by atoms with E-state index in [-0.39, 0.29) is 0 Å². The Hall–Kier alpha value is -6.22. The van der Waals surface area contributed by atoms with Crippen molar-refractivity contribution in [1.82, 2.24) is 0 Å². The quantitative estimate of drug-likeness (QED) is 0.167. The molecule has 1 nitrogen and oxygen atoms in total. The summed E-state index contributed by atoms with van der Waals surface area (Å²) in [6, 6.07) is 68.5. The Labute approximate surface area is 294 Å². The summed E-state index contributed by atoms with van der Waals surface area (Å²) in [5, 5.41) is 10.3. The van der Waals surface area contributed by atoms with Crippen molar-refractivity contribution in [3.63, 3.8) is 0 Å². The van der Waals surface area contributed by atoms with E-state index in [0.29, 0.717) is 0 Å². The predicted molar refractivity (Wildman–Crippen MR) is 217 cm³/mol. The van der Waals surface area contributed by atoms with Gasteiger partial charge in [0.25, 0.3) is 0 Å². The first kappa shape index (κ1) is 28.8. The van der Waals surface area contributed by atoms with Gasteiger partial charge >= 0.3 is 0 Å². The Balaban J connectivity index is 1.31. The molecule has 9 aromatic carbocycles. The minimum absolute atomic E-state index is 1.12. The Morgan fingerprint density at radius 2 is 0.880 bits per heavy atom. The average molecular weight is 654 g/mol. The van der Waals surface area contributed by atoms with Gasteiger partial charge in [-0.3, -0.25) is 0 Å². The topological polar surface area (TPSA) is 3.24 Å². The normalized spacial score (nSPS) is 11.6. The molecule has 10 rings (SSSR count). The van der Waals surface area contributed by atoms with Crippen LogP contribution in [0.25, 0.3) is 74.7 Å². The van der Waals surface area contributed by atoms with Crippen molar-refractivity contribution in [2.24, 2.45) is 0 Å². The SMILES string of the molecule is c1ccc(N(c2ccccc2)c2ccc(-c3c(-c4cc5ccccc5c5ccccc45)c4c5ccccc5sc4c4ccccc34)cc2)cc1. The van der Waals surface area contributed by atoms with Crippen molar-refractivity contribution >= 4 is 80.9 Å². The summed E-state index contributed by atoms with van der Waals surface area (Å²) >= 11 is 1.91. The van der Waals surface area contributed by atoms with Crippen LogP contribution < -0.4 is 4.90 Å². The van der Waals surface area contributed by atoms with Crippen molar-refractivity contribution in [2.75, 3.05) is 4.90 Å². The molecule has 1 aromatic heterocycles. The minimum atomic E-state index is 1.12. The first-order valence-corrected chi connectivity index (χ1v) is 17.9. The highest BCUT2D eigenvalue weighted by molar-refractivity contribution is 7.26. The molecule has 0 fully saturated rings. The molecule has 0 aliphatic heterocycles. The highest BCUT2D eigenvalue weighted by Gasteiger charge is 2.23. The van der Waals surface area contributed by atoms with Crippen molar-refractivity contribution in [3.05, 3.63) is 188 Å². The first-order chi connectivity index (χ1) is 24.8. The van der Waals surface area contributed by atoms with E-state index in [4.69, 9.17) is 0 Å². The molecule has 0 atom stereocenters. The molecule has 1 heterocycles. The second-order valence-corrected chi connectivity index (χ2v) is 13.9. The molecule has 0 N–H and O–H groups in total. The number of nitrogens with zero attached hydrogens (tertiary/aromatic N) is 1. The lowest BCUT2D eigenvalue weighted by molar-refractivity contribution is 1.28. The van der Waals surface area contributed by atoms with Crippen molar-refractivity contribution in [2.45, 2.75) is 0 Å². The van der Waals surface area contributed by atoms with Crippen molar-refractivity contribution < 1.29 is 0 Å².